The molecule has 5 nitrogen and oxygen atoms in total. The van der Waals surface area contributed by atoms with Crippen molar-refractivity contribution in [3.8, 4) is 0 Å². The van der Waals surface area contributed by atoms with Gasteiger partial charge in [0, 0.05) is 24.7 Å². The van der Waals surface area contributed by atoms with Crippen LogP contribution in [-0.4, -0.2) is 28.8 Å². The van der Waals surface area contributed by atoms with Gasteiger partial charge in [-0.25, -0.2) is 0 Å². The van der Waals surface area contributed by atoms with Crippen LogP contribution in [0.15, 0.2) is 34.3 Å². The Bertz CT molecular complexity index is 569. The molecule has 0 radical (unpaired) electrons. The van der Waals surface area contributed by atoms with Gasteiger partial charge >= 0.3 is 0 Å². The molecule has 0 N–H and O–H groups in total. The molecule has 0 unspecified atom stereocenters. The van der Waals surface area contributed by atoms with Crippen LogP contribution < -0.4 is 0 Å². The zero-order valence-corrected chi connectivity index (χ0v) is 12.0. The monoisotopic (exact) mass is 324 g/mol. The Morgan fingerprint density at radius 1 is 1.47 bits per heavy atom. The van der Waals surface area contributed by atoms with E-state index in [0.29, 0.717) is 23.1 Å². The Labute approximate surface area is 119 Å². The molecule has 100 valence electrons. The molecule has 0 spiro atoms. The highest BCUT2D eigenvalue weighted by atomic mass is 79.9. The molecule has 0 bridgehead atoms. The van der Waals surface area contributed by atoms with Gasteiger partial charge in [-0.1, -0.05) is 11.6 Å². The van der Waals surface area contributed by atoms with Gasteiger partial charge < -0.3 is 4.90 Å². The Balaban J connectivity index is 2.27. The van der Waals surface area contributed by atoms with Gasteiger partial charge in [0.25, 0.3) is 11.6 Å². The number of nitro groups is 1. The maximum atomic E-state index is 12.3. The van der Waals surface area contributed by atoms with Crippen LogP contribution in [0.25, 0.3) is 0 Å². The molecule has 1 amide bonds. The third-order valence-electron chi connectivity index (χ3n) is 3.01. The van der Waals surface area contributed by atoms with Crippen molar-refractivity contribution in [3.63, 3.8) is 0 Å². The van der Waals surface area contributed by atoms with Gasteiger partial charge in [0.05, 0.1) is 9.40 Å². The van der Waals surface area contributed by atoms with Gasteiger partial charge in [-0.2, -0.15) is 0 Å². The maximum absolute atomic E-state index is 12.3. The van der Waals surface area contributed by atoms with E-state index in [2.05, 4.69) is 22.0 Å². The lowest BCUT2D eigenvalue weighted by atomic mass is 10.1. The molecule has 1 aromatic rings. The van der Waals surface area contributed by atoms with Crippen LogP contribution in [-0.2, 0) is 0 Å². The number of rotatable bonds is 2. The molecule has 2 rings (SSSR count). The summed E-state index contributed by atoms with van der Waals surface area (Å²) in [6.07, 6.45) is 2.93. The van der Waals surface area contributed by atoms with E-state index >= 15 is 0 Å². The van der Waals surface area contributed by atoms with Crippen LogP contribution in [0.2, 0.25) is 0 Å². The van der Waals surface area contributed by atoms with Crippen LogP contribution in [0, 0.1) is 10.1 Å². The lowest BCUT2D eigenvalue weighted by molar-refractivity contribution is -0.385. The van der Waals surface area contributed by atoms with Crippen LogP contribution in [0.1, 0.15) is 23.7 Å². The zero-order valence-electron chi connectivity index (χ0n) is 10.4. The molecule has 0 fully saturated rings. The van der Waals surface area contributed by atoms with Crippen LogP contribution in [0.5, 0.6) is 0 Å². The molecular weight excluding hydrogens is 312 g/mol. The molecule has 19 heavy (non-hydrogen) atoms. The molecule has 1 aromatic carbocycles. The normalized spacial score (nSPS) is 15.1. The number of hydrogen-bond acceptors (Lipinski definition) is 3. The van der Waals surface area contributed by atoms with Gasteiger partial charge in [0.15, 0.2) is 0 Å². The summed E-state index contributed by atoms with van der Waals surface area (Å²) in [6.45, 7) is 3.21. The molecule has 0 atom stereocenters. The lowest BCUT2D eigenvalue weighted by Crippen LogP contribution is -2.35. The number of benzene rings is 1. The summed E-state index contributed by atoms with van der Waals surface area (Å²) in [5.41, 5.74) is 1.41. The molecule has 0 saturated heterocycles. The van der Waals surface area contributed by atoms with Crippen molar-refractivity contribution in [2.24, 2.45) is 0 Å². The van der Waals surface area contributed by atoms with Crippen molar-refractivity contribution in [3.05, 3.63) is 50.0 Å². The third kappa shape index (κ3) is 3.01. The standard InChI is InChI=1S/C13H13BrN2O3/c1-9-3-2-6-15(8-9)13(17)10-4-5-11(14)12(7-10)16(18)19/h3-5,7H,2,6,8H2,1H3. The highest BCUT2D eigenvalue weighted by Gasteiger charge is 2.21. The summed E-state index contributed by atoms with van der Waals surface area (Å²) < 4.78 is 0.378. The second-order valence-electron chi connectivity index (χ2n) is 4.49. The summed E-state index contributed by atoms with van der Waals surface area (Å²) >= 11 is 3.11. The highest BCUT2D eigenvalue weighted by Crippen LogP contribution is 2.26. The summed E-state index contributed by atoms with van der Waals surface area (Å²) in [5.74, 6) is -0.164. The number of carbonyl (C=O) groups is 1. The molecule has 1 aliphatic heterocycles. The Morgan fingerprint density at radius 3 is 2.84 bits per heavy atom. The van der Waals surface area contributed by atoms with Crippen molar-refractivity contribution in [2.75, 3.05) is 13.1 Å². The number of amides is 1. The van der Waals surface area contributed by atoms with Gasteiger partial charge in [-0.05, 0) is 41.4 Å². The third-order valence-corrected chi connectivity index (χ3v) is 3.68. The quantitative estimate of drug-likeness (QED) is 0.477. The highest BCUT2D eigenvalue weighted by molar-refractivity contribution is 9.10. The molecule has 0 aromatic heterocycles. The van der Waals surface area contributed by atoms with Crippen molar-refractivity contribution in [1.29, 1.82) is 0 Å². The van der Waals surface area contributed by atoms with Crippen LogP contribution in [0.3, 0.4) is 0 Å². The molecule has 6 heteroatoms. The van der Waals surface area contributed by atoms with E-state index in [-0.39, 0.29) is 11.6 Å². The van der Waals surface area contributed by atoms with Crippen LogP contribution >= 0.6 is 15.9 Å². The van der Waals surface area contributed by atoms with Gasteiger partial charge in [0.1, 0.15) is 0 Å². The molecule has 0 aliphatic carbocycles. The first kappa shape index (κ1) is 13.7. The number of carbonyl (C=O) groups excluding carboxylic acids is 1. The van der Waals surface area contributed by atoms with Crippen LogP contribution in [0.4, 0.5) is 5.69 Å². The van der Waals surface area contributed by atoms with Crippen molar-refractivity contribution in [2.45, 2.75) is 13.3 Å². The number of nitro benzene ring substituents is 1. The predicted molar refractivity (Wildman–Crippen MR) is 75.1 cm³/mol. The van der Waals surface area contributed by atoms with Crippen molar-refractivity contribution >= 4 is 27.5 Å². The first-order valence-corrected chi connectivity index (χ1v) is 6.67. The summed E-state index contributed by atoms with van der Waals surface area (Å²) in [5, 5.41) is 10.9. The van der Waals surface area contributed by atoms with Crippen molar-refractivity contribution < 1.29 is 9.72 Å². The van der Waals surface area contributed by atoms with Gasteiger partial charge in [-0.15, -0.1) is 0 Å². The minimum absolute atomic E-state index is 0.0878. The van der Waals surface area contributed by atoms with E-state index in [0.717, 1.165) is 12.0 Å². The van der Waals surface area contributed by atoms with E-state index in [1.54, 1.807) is 11.0 Å². The van der Waals surface area contributed by atoms with E-state index in [9.17, 15) is 14.9 Å². The van der Waals surface area contributed by atoms with Gasteiger partial charge in [-0.3, -0.25) is 14.9 Å². The minimum atomic E-state index is -0.498. The average Bonchev–Trinajstić information content (AvgIpc) is 2.38. The fourth-order valence-corrected chi connectivity index (χ4v) is 2.44. The fraction of sp³-hybridized carbons (Fsp3) is 0.308. The topological polar surface area (TPSA) is 63.5 Å². The smallest absolute Gasteiger partial charge is 0.284 e. The van der Waals surface area contributed by atoms with Crippen molar-refractivity contribution in [1.82, 2.24) is 4.90 Å². The SMILES string of the molecule is CC1=CCCN(C(=O)c2ccc(Br)c([N+](=O)[O-])c2)C1. The Hall–Kier alpha value is -1.69. The van der Waals surface area contributed by atoms with E-state index in [1.807, 2.05) is 6.92 Å². The average molecular weight is 325 g/mol. The summed E-state index contributed by atoms with van der Waals surface area (Å²) in [6, 6.07) is 4.46. The molecule has 1 heterocycles. The second kappa shape index (κ2) is 5.52. The maximum Gasteiger partial charge on any atom is 0.284 e. The number of nitrogens with zero attached hydrogens (tertiary/aromatic N) is 2. The van der Waals surface area contributed by atoms with Gasteiger partial charge in [0.2, 0.25) is 0 Å². The zero-order chi connectivity index (χ0) is 14.0. The molecular formula is C13H13BrN2O3. The number of halogens is 1. The first-order chi connectivity index (χ1) is 8.99. The first-order valence-electron chi connectivity index (χ1n) is 5.88. The predicted octanol–water partition coefficient (Wildman–Crippen LogP) is 3.15. The van der Waals surface area contributed by atoms with E-state index in [1.165, 1.54) is 12.1 Å². The second-order valence-corrected chi connectivity index (χ2v) is 5.34. The molecule has 0 saturated carbocycles. The summed E-state index contributed by atoms with van der Waals surface area (Å²) in [7, 11) is 0. The lowest BCUT2D eigenvalue weighted by Gasteiger charge is -2.26. The minimum Gasteiger partial charge on any atom is -0.334 e. The molecule has 1 aliphatic rings. The Morgan fingerprint density at radius 2 is 2.21 bits per heavy atom. The number of hydrogen-bond donors (Lipinski definition) is 0. The Kier molecular flexibility index (Phi) is 3.99. The largest absolute Gasteiger partial charge is 0.334 e. The summed E-state index contributed by atoms with van der Waals surface area (Å²) in [4.78, 5) is 24.4. The van der Waals surface area contributed by atoms with E-state index < -0.39 is 4.92 Å². The van der Waals surface area contributed by atoms with E-state index in [4.69, 9.17) is 0 Å². The fourth-order valence-electron chi connectivity index (χ4n) is 2.05.